The normalized spacial score (nSPS) is 11.9. The van der Waals surface area contributed by atoms with Crippen LogP contribution in [0.15, 0.2) is 59.5 Å². The van der Waals surface area contributed by atoms with Crippen molar-refractivity contribution in [1.29, 1.82) is 5.26 Å². The number of rotatable bonds is 4. The van der Waals surface area contributed by atoms with Gasteiger partial charge in [0.1, 0.15) is 16.6 Å². The minimum Gasteiger partial charge on any atom is -0.288 e. The average molecular weight is 407 g/mol. The highest BCUT2D eigenvalue weighted by atomic mass is 35.5. The lowest BCUT2D eigenvalue weighted by Crippen LogP contribution is -2.11. The molecule has 0 saturated heterocycles. The first-order valence-corrected chi connectivity index (χ1v) is 10.0. The molecule has 1 heterocycles. The van der Waals surface area contributed by atoms with Crippen LogP contribution in [0.4, 0.5) is 0 Å². The van der Waals surface area contributed by atoms with E-state index in [9.17, 15) is 10.1 Å². The zero-order chi connectivity index (χ0) is 20.3. The fourth-order valence-corrected chi connectivity index (χ4v) is 3.72. The predicted molar refractivity (Wildman–Crippen MR) is 116 cm³/mol. The highest BCUT2D eigenvalue weighted by Gasteiger charge is 2.18. The molecule has 2 aromatic carbocycles. The highest BCUT2D eigenvalue weighted by molar-refractivity contribution is 7.13. The lowest BCUT2D eigenvalue weighted by atomic mass is 9.93. The third kappa shape index (κ3) is 4.56. The second-order valence-corrected chi connectivity index (χ2v) is 8.71. The number of Topliss-reactive ketones (excluding diaryl/α,β-unsaturated/α-hetero) is 1. The van der Waals surface area contributed by atoms with E-state index in [-0.39, 0.29) is 16.8 Å². The molecule has 3 nitrogen and oxygen atoms in total. The lowest BCUT2D eigenvalue weighted by Gasteiger charge is -2.14. The summed E-state index contributed by atoms with van der Waals surface area (Å²) in [7, 11) is 0. The molecule has 3 rings (SSSR count). The summed E-state index contributed by atoms with van der Waals surface area (Å²) in [5.74, 6) is -0.321. The van der Waals surface area contributed by atoms with Crippen LogP contribution in [0.2, 0.25) is 5.02 Å². The highest BCUT2D eigenvalue weighted by Crippen LogP contribution is 2.30. The molecule has 0 unspecified atom stereocenters. The van der Waals surface area contributed by atoms with Gasteiger partial charge in [0.05, 0.1) is 5.69 Å². The molecule has 0 aliphatic heterocycles. The molecule has 0 atom stereocenters. The largest absolute Gasteiger partial charge is 0.288 e. The van der Waals surface area contributed by atoms with E-state index >= 15 is 0 Å². The number of aromatic nitrogens is 1. The Balaban J connectivity index is 1.84. The number of nitriles is 1. The third-order valence-corrected chi connectivity index (χ3v) is 5.36. The topological polar surface area (TPSA) is 53.8 Å². The molecule has 0 fully saturated rings. The number of hydrogen-bond acceptors (Lipinski definition) is 4. The zero-order valence-corrected chi connectivity index (χ0v) is 17.4. The van der Waals surface area contributed by atoms with Gasteiger partial charge in [-0.1, -0.05) is 56.6 Å². The summed E-state index contributed by atoms with van der Waals surface area (Å²) < 4.78 is 0. The van der Waals surface area contributed by atoms with Crippen LogP contribution in [-0.2, 0) is 5.41 Å². The van der Waals surface area contributed by atoms with Crippen LogP contribution in [0.25, 0.3) is 16.6 Å². The number of ketones is 1. The number of carbonyl (C=O) groups is 1. The molecule has 0 aliphatic carbocycles. The Morgan fingerprint density at radius 2 is 1.75 bits per heavy atom. The maximum absolute atomic E-state index is 12.5. The second kappa shape index (κ2) is 8.10. The predicted octanol–water partition coefficient (Wildman–Crippen LogP) is 6.55. The van der Waals surface area contributed by atoms with Crippen molar-refractivity contribution in [1.82, 2.24) is 4.98 Å². The number of thiazole rings is 1. The van der Waals surface area contributed by atoms with Crippen molar-refractivity contribution in [2.45, 2.75) is 26.2 Å². The van der Waals surface area contributed by atoms with Crippen molar-refractivity contribution in [2.75, 3.05) is 0 Å². The van der Waals surface area contributed by atoms with Gasteiger partial charge in [0, 0.05) is 26.9 Å². The molecular weight excluding hydrogens is 388 g/mol. The van der Waals surface area contributed by atoms with Crippen LogP contribution in [0.5, 0.6) is 0 Å². The summed E-state index contributed by atoms with van der Waals surface area (Å²) in [5, 5.41) is 13.0. The fourth-order valence-electron chi connectivity index (χ4n) is 2.54. The van der Waals surface area contributed by atoms with Crippen molar-refractivity contribution in [3.8, 4) is 16.6 Å². The van der Waals surface area contributed by atoms with Crippen LogP contribution in [0, 0.1) is 11.3 Å². The van der Waals surface area contributed by atoms with Gasteiger partial charge in [-0.3, -0.25) is 4.79 Å². The van der Waals surface area contributed by atoms with Crippen LogP contribution in [0.3, 0.4) is 0 Å². The van der Waals surface area contributed by atoms with E-state index < -0.39 is 0 Å². The Labute approximate surface area is 173 Å². The summed E-state index contributed by atoms with van der Waals surface area (Å²) in [6.07, 6.45) is 1.60. The number of allylic oxidation sites excluding steroid dienone is 1. The number of benzene rings is 2. The Morgan fingerprint density at radius 1 is 1.11 bits per heavy atom. The molecular formula is C23H19ClN2OS. The van der Waals surface area contributed by atoms with Gasteiger partial charge in [0.15, 0.2) is 0 Å². The minimum absolute atomic E-state index is 0.0150. The van der Waals surface area contributed by atoms with Crippen molar-refractivity contribution < 1.29 is 4.79 Å². The number of carbonyl (C=O) groups excluding carboxylic acids is 1. The molecule has 3 aromatic rings. The van der Waals surface area contributed by atoms with Crippen molar-refractivity contribution in [3.05, 3.63) is 81.3 Å². The molecule has 28 heavy (non-hydrogen) atoms. The summed E-state index contributed by atoms with van der Waals surface area (Å²) >= 11 is 7.47. The number of nitrogens with zero attached hydrogens (tertiary/aromatic N) is 2. The van der Waals surface area contributed by atoms with E-state index in [1.807, 2.05) is 30.3 Å². The van der Waals surface area contributed by atoms with E-state index in [0.717, 1.165) is 21.8 Å². The van der Waals surface area contributed by atoms with Gasteiger partial charge in [-0.2, -0.15) is 5.26 Å². The van der Waals surface area contributed by atoms with Gasteiger partial charge in [-0.25, -0.2) is 4.98 Å². The van der Waals surface area contributed by atoms with Crippen LogP contribution >= 0.6 is 22.9 Å². The molecule has 0 bridgehead atoms. The molecule has 140 valence electrons. The van der Waals surface area contributed by atoms with Gasteiger partial charge in [0.2, 0.25) is 5.78 Å². The Bertz CT molecular complexity index is 1070. The summed E-state index contributed by atoms with van der Waals surface area (Å²) in [6, 6.07) is 16.2. The zero-order valence-electron chi connectivity index (χ0n) is 15.9. The molecule has 0 N–H and O–H groups in total. The SMILES string of the molecule is CC(C)(C)c1csc(-c2ccc(/C=C(/C#N)C(=O)c3ccc(Cl)cc3)cc2)n1. The maximum atomic E-state index is 12.5. The van der Waals surface area contributed by atoms with Gasteiger partial charge in [0.25, 0.3) is 0 Å². The quantitative estimate of drug-likeness (QED) is 0.280. The van der Waals surface area contributed by atoms with Gasteiger partial charge in [-0.15, -0.1) is 11.3 Å². The van der Waals surface area contributed by atoms with E-state index in [2.05, 4.69) is 26.2 Å². The van der Waals surface area contributed by atoms with Crippen LogP contribution in [0.1, 0.15) is 42.4 Å². The van der Waals surface area contributed by atoms with E-state index in [1.54, 1.807) is 41.7 Å². The van der Waals surface area contributed by atoms with Gasteiger partial charge >= 0.3 is 0 Å². The molecule has 0 saturated carbocycles. The molecule has 0 spiro atoms. The standard InChI is InChI=1S/C23H19ClN2OS/c1-23(2,3)20-14-28-22(26-20)17-6-4-15(5-7-17)12-18(13-25)21(27)16-8-10-19(24)11-9-16/h4-12,14H,1-3H3/b18-12-. The molecule has 0 radical (unpaired) electrons. The van der Waals surface area contributed by atoms with Crippen LogP contribution < -0.4 is 0 Å². The molecule has 5 heteroatoms. The minimum atomic E-state index is -0.321. The fraction of sp³-hybridized carbons (Fsp3) is 0.174. The number of hydrogen-bond donors (Lipinski definition) is 0. The maximum Gasteiger partial charge on any atom is 0.203 e. The van der Waals surface area contributed by atoms with Crippen LogP contribution in [-0.4, -0.2) is 10.8 Å². The number of halogens is 1. The average Bonchev–Trinajstić information content (AvgIpc) is 3.17. The summed E-state index contributed by atoms with van der Waals surface area (Å²) in [4.78, 5) is 17.3. The summed E-state index contributed by atoms with van der Waals surface area (Å²) in [6.45, 7) is 6.42. The van der Waals surface area contributed by atoms with E-state index in [0.29, 0.717) is 10.6 Å². The summed E-state index contributed by atoms with van der Waals surface area (Å²) in [5.41, 5.74) is 3.40. The van der Waals surface area contributed by atoms with Gasteiger partial charge in [-0.05, 0) is 35.9 Å². The molecule has 0 amide bonds. The lowest BCUT2D eigenvalue weighted by molar-refractivity contribution is 0.104. The first-order valence-electron chi connectivity index (χ1n) is 8.76. The first kappa shape index (κ1) is 20.0. The Morgan fingerprint density at radius 3 is 2.29 bits per heavy atom. The Hall–Kier alpha value is -2.74. The van der Waals surface area contributed by atoms with E-state index in [1.165, 1.54) is 0 Å². The molecule has 0 aliphatic rings. The smallest absolute Gasteiger partial charge is 0.203 e. The van der Waals surface area contributed by atoms with Crippen molar-refractivity contribution >= 4 is 34.8 Å². The monoisotopic (exact) mass is 406 g/mol. The third-order valence-electron chi connectivity index (χ3n) is 4.21. The van der Waals surface area contributed by atoms with Crippen molar-refractivity contribution in [2.24, 2.45) is 0 Å². The van der Waals surface area contributed by atoms with Gasteiger partial charge < -0.3 is 0 Å². The van der Waals surface area contributed by atoms with E-state index in [4.69, 9.17) is 16.6 Å². The second-order valence-electron chi connectivity index (χ2n) is 7.42. The van der Waals surface area contributed by atoms with Crippen molar-refractivity contribution in [3.63, 3.8) is 0 Å². The Kier molecular flexibility index (Phi) is 5.79. The molecule has 1 aromatic heterocycles. The first-order chi connectivity index (χ1) is 13.3.